The van der Waals surface area contributed by atoms with Crippen molar-refractivity contribution < 1.29 is 4.74 Å². The van der Waals surface area contributed by atoms with Gasteiger partial charge in [0.15, 0.2) is 0 Å². The molecule has 0 radical (unpaired) electrons. The van der Waals surface area contributed by atoms with E-state index in [1.54, 1.807) is 18.4 Å². The summed E-state index contributed by atoms with van der Waals surface area (Å²) in [5.41, 5.74) is 0.905. The number of nitrogens with zero attached hydrogens (tertiary/aromatic N) is 1. The number of hydrogen-bond donors (Lipinski definition) is 1. The molecule has 1 N–H and O–H groups in total. The van der Waals surface area contributed by atoms with Gasteiger partial charge in [-0.25, -0.2) is 4.98 Å². The van der Waals surface area contributed by atoms with Gasteiger partial charge in [-0.1, -0.05) is 13.8 Å². The first-order valence-corrected chi connectivity index (χ1v) is 6.69. The summed E-state index contributed by atoms with van der Waals surface area (Å²) in [6.07, 6.45) is 1.92. The lowest BCUT2D eigenvalue weighted by Crippen LogP contribution is -2.26. The molecule has 92 valence electrons. The van der Waals surface area contributed by atoms with Gasteiger partial charge < -0.3 is 10.1 Å². The van der Waals surface area contributed by atoms with E-state index in [1.165, 1.54) is 0 Å². The zero-order chi connectivity index (χ0) is 12.2. The highest BCUT2D eigenvalue weighted by atomic mass is 32.1. The summed E-state index contributed by atoms with van der Waals surface area (Å²) in [6.45, 7) is 6.41. The van der Waals surface area contributed by atoms with Gasteiger partial charge in [-0.2, -0.15) is 0 Å². The van der Waals surface area contributed by atoms with Crippen LogP contribution in [0.4, 0.5) is 0 Å². The molecule has 0 saturated carbocycles. The van der Waals surface area contributed by atoms with Crippen LogP contribution in [0.3, 0.4) is 0 Å². The van der Waals surface area contributed by atoms with Crippen molar-refractivity contribution in [1.29, 1.82) is 0 Å². The van der Waals surface area contributed by atoms with Crippen LogP contribution in [0, 0.1) is 0 Å². The second kappa shape index (κ2) is 5.75. The molecule has 0 saturated heterocycles. The Morgan fingerprint density at radius 1 is 1.50 bits per heavy atom. The quantitative estimate of drug-likeness (QED) is 0.832. The minimum Gasteiger partial charge on any atom is -0.371 e. The standard InChI is InChI=1S/C12H22N2OS/c1-6-12(7-2,15-5)11-14-10(8-16-11)9(3)13-4/h8-9,13H,6-7H2,1-5H3. The minimum atomic E-state index is -0.198. The summed E-state index contributed by atoms with van der Waals surface area (Å²) >= 11 is 1.70. The highest BCUT2D eigenvalue weighted by Gasteiger charge is 2.31. The molecule has 0 bridgehead atoms. The summed E-state index contributed by atoms with van der Waals surface area (Å²) in [6, 6.07) is 0.299. The predicted molar refractivity (Wildman–Crippen MR) is 68.9 cm³/mol. The third kappa shape index (κ3) is 2.44. The van der Waals surface area contributed by atoms with E-state index < -0.39 is 0 Å². The Bertz CT molecular complexity index is 312. The molecule has 3 nitrogen and oxygen atoms in total. The van der Waals surface area contributed by atoms with Crippen molar-refractivity contribution in [3.8, 4) is 0 Å². The third-order valence-electron chi connectivity index (χ3n) is 3.32. The summed E-state index contributed by atoms with van der Waals surface area (Å²) in [5, 5.41) is 6.42. The lowest BCUT2D eigenvalue weighted by molar-refractivity contribution is -0.0220. The second-order valence-corrected chi connectivity index (χ2v) is 4.85. The van der Waals surface area contributed by atoms with Crippen LogP contribution >= 0.6 is 11.3 Å². The molecule has 1 aromatic heterocycles. The van der Waals surface area contributed by atoms with Crippen LogP contribution in [0.2, 0.25) is 0 Å². The number of thiazole rings is 1. The molecule has 0 spiro atoms. The zero-order valence-corrected chi connectivity index (χ0v) is 11.6. The summed E-state index contributed by atoms with van der Waals surface area (Å²) in [5.74, 6) is 0. The fourth-order valence-corrected chi connectivity index (χ4v) is 3.00. The molecular weight excluding hydrogens is 220 g/mol. The predicted octanol–water partition coefficient (Wildman–Crippen LogP) is 3.09. The zero-order valence-electron chi connectivity index (χ0n) is 10.8. The first-order chi connectivity index (χ1) is 7.63. The monoisotopic (exact) mass is 242 g/mol. The number of hydrogen-bond acceptors (Lipinski definition) is 4. The van der Waals surface area contributed by atoms with Crippen molar-refractivity contribution in [2.45, 2.75) is 45.3 Å². The fourth-order valence-electron chi connectivity index (χ4n) is 1.77. The molecule has 1 aromatic rings. The molecule has 0 amide bonds. The van der Waals surface area contributed by atoms with Gasteiger partial charge in [-0.05, 0) is 26.8 Å². The largest absolute Gasteiger partial charge is 0.371 e. The van der Waals surface area contributed by atoms with Crippen molar-refractivity contribution in [2.24, 2.45) is 0 Å². The smallest absolute Gasteiger partial charge is 0.125 e. The van der Waals surface area contributed by atoms with E-state index in [0.717, 1.165) is 23.5 Å². The summed E-state index contributed by atoms with van der Waals surface area (Å²) in [7, 11) is 3.72. The van der Waals surface area contributed by atoms with Gasteiger partial charge in [0.1, 0.15) is 10.6 Å². The number of rotatable bonds is 6. The Morgan fingerprint density at radius 3 is 2.56 bits per heavy atom. The average Bonchev–Trinajstić information content (AvgIpc) is 2.81. The highest BCUT2D eigenvalue weighted by molar-refractivity contribution is 7.09. The van der Waals surface area contributed by atoms with Gasteiger partial charge in [-0.3, -0.25) is 0 Å². The van der Waals surface area contributed by atoms with Crippen LogP contribution in [0.15, 0.2) is 5.38 Å². The van der Waals surface area contributed by atoms with Crippen LogP contribution in [-0.4, -0.2) is 19.1 Å². The van der Waals surface area contributed by atoms with Gasteiger partial charge in [0, 0.05) is 18.5 Å². The van der Waals surface area contributed by atoms with E-state index in [4.69, 9.17) is 9.72 Å². The maximum Gasteiger partial charge on any atom is 0.125 e. The van der Waals surface area contributed by atoms with Crippen molar-refractivity contribution in [2.75, 3.05) is 14.2 Å². The minimum absolute atomic E-state index is 0.198. The van der Waals surface area contributed by atoms with Crippen molar-refractivity contribution in [3.63, 3.8) is 0 Å². The van der Waals surface area contributed by atoms with Crippen molar-refractivity contribution in [3.05, 3.63) is 16.1 Å². The van der Waals surface area contributed by atoms with Gasteiger partial charge in [0.2, 0.25) is 0 Å². The lowest BCUT2D eigenvalue weighted by atomic mass is 9.98. The Kier molecular flexibility index (Phi) is 4.89. The average molecular weight is 242 g/mol. The Hall–Kier alpha value is -0.450. The molecule has 1 heterocycles. The maximum absolute atomic E-state index is 5.68. The molecule has 0 fully saturated rings. The number of methoxy groups -OCH3 is 1. The molecule has 1 rings (SSSR count). The molecule has 1 unspecified atom stereocenters. The molecule has 0 aromatic carbocycles. The van der Waals surface area contributed by atoms with E-state index in [2.05, 4.69) is 31.5 Å². The molecule has 0 aliphatic carbocycles. The number of aromatic nitrogens is 1. The van der Waals surface area contributed by atoms with E-state index in [9.17, 15) is 0 Å². The summed E-state index contributed by atoms with van der Waals surface area (Å²) in [4.78, 5) is 4.70. The molecular formula is C12H22N2OS. The first kappa shape index (κ1) is 13.6. The van der Waals surface area contributed by atoms with Gasteiger partial charge in [0.05, 0.1) is 5.69 Å². The second-order valence-electron chi connectivity index (χ2n) is 3.99. The molecule has 16 heavy (non-hydrogen) atoms. The lowest BCUT2D eigenvalue weighted by Gasteiger charge is -2.27. The van der Waals surface area contributed by atoms with Crippen LogP contribution in [0.1, 0.15) is 50.4 Å². The van der Waals surface area contributed by atoms with E-state index in [-0.39, 0.29) is 5.60 Å². The normalized spacial score (nSPS) is 14.1. The van der Waals surface area contributed by atoms with E-state index >= 15 is 0 Å². The summed E-state index contributed by atoms with van der Waals surface area (Å²) < 4.78 is 5.68. The highest BCUT2D eigenvalue weighted by Crippen LogP contribution is 2.35. The first-order valence-electron chi connectivity index (χ1n) is 5.81. The molecule has 0 aliphatic heterocycles. The van der Waals surface area contributed by atoms with Crippen molar-refractivity contribution in [1.82, 2.24) is 10.3 Å². The van der Waals surface area contributed by atoms with Gasteiger partial charge in [-0.15, -0.1) is 11.3 Å². The maximum atomic E-state index is 5.68. The topological polar surface area (TPSA) is 34.1 Å². The molecule has 4 heteroatoms. The molecule has 0 aliphatic rings. The van der Waals surface area contributed by atoms with Crippen LogP contribution in [0.25, 0.3) is 0 Å². The fraction of sp³-hybridized carbons (Fsp3) is 0.750. The van der Waals surface area contributed by atoms with Crippen molar-refractivity contribution >= 4 is 11.3 Å². The SMILES string of the molecule is CCC(CC)(OC)c1nc(C(C)NC)cs1. The Morgan fingerprint density at radius 2 is 2.12 bits per heavy atom. The van der Waals surface area contributed by atoms with Crippen LogP contribution in [0.5, 0.6) is 0 Å². The van der Waals surface area contributed by atoms with Crippen LogP contribution < -0.4 is 5.32 Å². The Balaban J connectivity index is 2.99. The third-order valence-corrected chi connectivity index (χ3v) is 4.37. The van der Waals surface area contributed by atoms with Gasteiger partial charge >= 0.3 is 0 Å². The van der Waals surface area contributed by atoms with Crippen LogP contribution in [-0.2, 0) is 10.3 Å². The molecule has 1 atom stereocenters. The Labute approximate surface area is 102 Å². The number of nitrogens with one attached hydrogen (secondary N) is 1. The van der Waals surface area contributed by atoms with E-state index in [0.29, 0.717) is 6.04 Å². The van der Waals surface area contributed by atoms with Gasteiger partial charge in [0.25, 0.3) is 0 Å². The number of ether oxygens (including phenoxy) is 1. The van der Waals surface area contributed by atoms with E-state index in [1.807, 2.05) is 7.05 Å².